The third kappa shape index (κ3) is 2.10. The van der Waals surface area contributed by atoms with Gasteiger partial charge in [-0.2, -0.15) is 0 Å². The number of rotatable bonds is 3. The SMILES string of the molecule is CCc1nc2c(CC)cc(Br)cc2c(NN)c1C. The fourth-order valence-corrected chi connectivity index (χ4v) is 2.85. The minimum atomic E-state index is 0.912. The summed E-state index contributed by atoms with van der Waals surface area (Å²) in [5.41, 5.74) is 8.34. The van der Waals surface area contributed by atoms with Crippen molar-refractivity contribution in [1.29, 1.82) is 0 Å². The van der Waals surface area contributed by atoms with Crippen molar-refractivity contribution in [2.75, 3.05) is 5.43 Å². The third-order valence-corrected chi connectivity index (χ3v) is 3.80. The summed E-state index contributed by atoms with van der Waals surface area (Å²) in [4.78, 5) is 4.80. The molecule has 18 heavy (non-hydrogen) atoms. The highest BCUT2D eigenvalue weighted by atomic mass is 79.9. The molecule has 96 valence electrons. The molecule has 0 unspecified atom stereocenters. The molecular formula is C14H18BrN3. The Labute approximate surface area is 116 Å². The topological polar surface area (TPSA) is 50.9 Å². The molecule has 1 aromatic carbocycles. The summed E-state index contributed by atoms with van der Waals surface area (Å²) < 4.78 is 1.06. The summed E-state index contributed by atoms with van der Waals surface area (Å²) in [5.74, 6) is 5.69. The molecule has 3 nitrogen and oxygen atoms in total. The molecule has 0 bridgehead atoms. The Hall–Kier alpha value is -1.13. The molecule has 0 amide bonds. The molecule has 0 saturated heterocycles. The highest BCUT2D eigenvalue weighted by Crippen LogP contribution is 2.32. The first kappa shape index (κ1) is 13.3. The van der Waals surface area contributed by atoms with Crippen LogP contribution in [0.25, 0.3) is 10.9 Å². The number of fused-ring (bicyclic) bond motifs is 1. The van der Waals surface area contributed by atoms with Crippen molar-refractivity contribution < 1.29 is 0 Å². The highest BCUT2D eigenvalue weighted by Gasteiger charge is 2.13. The van der Waals surface area contributed by atoms with Gasteiger partial charge in [-0.25, -0.2) is 0 Å². The number of nitrogens with two attached hydrogens (primary N) is 1. The van der Waals surface area contributed by atoms with Crippen LogP contribution in [0.4, 0.5) is 5.69 Å². The van der Waals surface area contributed by atoms with Gasteiger partial charge in [0.25, 0.3) is 0 Å². The summed E-state index contributed by atoms with van der Waals surface area (Å²) in [6.07, 6.45) is 1.87. The molecule has 1 aromatic heterocycles. The predicted octanol–water partition coefficient (Wildman–Crippen LogP) is 3.72. The number of nitrogen functional groups attached to an aromatic ring is 1. The Morgan fingerprint density at radius 3 is 2.56 bits per heavy atom. The Morgan fingerprint density at radius 1 is 1.28 bits per heavy atom. The summed E-state index contributed by atoms with van der Waals surface area (Å²) in [5, 5.41) is 1.08. The lowest BCUT2D eigenvalue weighted by Crippen LogP contribution is -2.11. The number of nitrogens with zero attached hydrogens (tertiary/aromatic N) is 1. The number of pyridine rings is 1. The Kier molecular flexibility index (Phi) is 3.88. The molecular weight excluding hydrogens is 290 g/mol. The lowest BCUT2D eigenvalue weighted by atomic mass is 10.0. The van der Waals surface area contributed by atoms with Gasteiger partial charge in [0.15, 0.2) is 0 Å². The van der Waals surface area contributed by atoms with Gasteiger partial charge in [0.1, 0.15) is 0 Å². The maximum absolute atomic E-state index is 5.69. The van der Waals surface area contributed by atoms with Crippen molar-refractivity contribution in [2.45, 2.75) is 33.6 Å². The first-order valence-electron chi connectivity index (χ1n) is 6.20. The van der Waals surface area contributed by atoms with E-state index in [-0.39, 0.29) is 0 Å². The van der Waals surface area contributed by atoms with Gasteiger partial charge in [-0.1, -0.05) is 29.8 Å². The third-order valence-electron chi connectivity index (χ3n) is 3.34. The van der Waals surface area contributed by atoms with Crippen LogP contribution in [0, 0.1) is 6.92 Å². The van der Waals surface area contributed by atoms with Crippen molar-refractivity contribution in [1.82, 2.24) is 4.98 Å². The first-order chi connectivity index (χ1) is 8.62. The van der Waals surface area contributed by atoms with E-state index in [1.165, 1.54) is 5.56 Å². The van der Waals surface area contributed by atoms with E-state index in [1.54, 1.807) is 0 Å². The second-order valence-electron chi connectivity index (χ2n) is 4.37. The Morgan fingerprint density at radius 2 is 2.00 bits per heavy atom. The van der Waals surface area contributed by atoms with Crippen LogP contribution >= 0.6 is 15.9 Å². The fraction of sp³-hybridized carbons (Fsp3) is 0.357. The average Bonchev–Trinajstić information content (AvgIpc) is 2.37. The molecule has 0 aliphatic heterocycles. The number of hydrogen-bond donors (Lipinski definition) is 2. The van der Waals surface area contributed by atoms with Crippen molar-refractivity contribution in [3.8, 4) is 0 Å². The van der Waals surface area contributed by atoms with Gasteiger partial charge in [-0.15, -0.1) is 0 Å². The highest BCUT2D eigenvalue weighted by molar-refractivity contribution is 9.10. The molecule has 3 N–H and O–H groups in total. The molecule has 0 aliphatic carbocycles. The van der Waals surface area contributed by atoms with Gasteiger partial charge < -0.3 is 5.43 Å². The zero-order valence-corrected chi connectivity index (χ0v) is 12.6. The normalized spacial score (nSPS) is 10.9. The number of aryl methyl sites for hydroxylation is 2. The number of anilines is 1. The van der Waals surface area contributed by atoms with Crippen LogP contribution in [0.3, 0.4) is 0 Å². The molecule has 4 heteroatoms. The van der Waals surface area contributed by atoms with Gasteiger partial charge >= 0.3 is 0 Å². The summed E-state index contributed by atoms with van der Waals surface area (Å²) in [6.45, 7) is 6.32. The van der Waals surface area contributed by atoms with Crippen molar-refractivity contribution >= 4 is 32.5 Å². The molecule has 0 fully saturated rings. The van der Waals surface area contributed by atoms with Crippen molar-refractivity contribution in [3.63, 3.8) is 0 Å². The average molecular weight is 308 g/mol. The monoisotopic (exact) mass is 307 g/mol. The molecule has 2 rings (SSSR count). The zero-order chi connectivity index (χ0) is 13.3. The lowest BCUT2D eigenvalue weighted by molar-refractivity contribution is 1.02. The van der Waals surface area contributed by atoms with E-state index in [1.807, 2.05) is 0 Å². The Bertz CT molecular complexity index is 593. The van der Waals surface area contributed by atoms with E-state index in [2.05, 4.69) is 54.3 Å². The van der Waals surface area contributed by atoms with E-state index >= 15 is 0 Å². The quantitative estimate of drug-likeness (QED) is 0.671. The molecule has 0 spiro atoms. The standard InChI is InChI=1S/C14H18BrN3/c1-4-9-6-10(15)7-11-13(18-16)8(3)12(5-2)17-14(9)11/h6-7H,4-5,16H2,1-3H3,(H,17,18). The van der Waals surface area contributed by atoms with Gasteiger partial charge in [0, 0.05) is 15.6 Å². The van der Waals surface area contributed by atoms with Gasteiger partial charge in [-0.05, 0) is 43.0 Å². The zero-order valence-electron chi connectivity index (χ0n) is 11.0. The Balaban J connectivity index is 2.91. The number of aromatic nitrogens is 1. The van der Waals surface area contributed by atoms with Crippen LogP contribution in [0.5, 0.6) is 0 Å². The number of benzene rings is 1. The lowest BCUT2D eigenvalue weighted by Gasteiger charge is -2.15. The number of nitrogens with one attached hydrogen (secondary N) is 1. The molecule has 0 aliphatic rings. The van der Waals surface area contributed by atoms with Crippen LogP contribution in [-0.2, 0) is 12.8 Å². The first-order valence-corrected chi connectivity index (χ1v) is 6.99. The van der Waals surface area contributed by atoms with Gasteiger partial charge in [0.05, 0.1) is 11.2 Å². The maximum Gasteiger partial charge on any atom is 0.0759 e. The minimum Gasteiger partial charge on any atom is -0.323 e. The smallest absolute Gasteiger partial charge is 0.0759 e. The van der Waals surface area contributed by atoms with Crippen LogP contribution in [-0.4, -0.2) is 4.98 Å². The largest absolute Gasteiger partial charge is 0.323 e. The fourth-order valence-electron chi connectivity index (χ4n) is 2.34. The van der Waals surface area contributed by atoms with Crippen LogP contribution in [0.15, 0.2) is 16.6 Å². The second kappa shape index (κ2) is 5.24. The molecule has 1 heterocycles. The summed E-state index contributed by atoms with van der Waals surface area (Å²) in [6, 6.07) is 4.20. The van der Waals surface area contributed by atoms with Gasteiger partial charge in [0.2, 0.25) is 0 Å². The molecule has 0 atom stereocenters. The minimum absolute atomic E-state index is 0.912. The van der Waals surface area contributed by atoms with Crippen molar-refractivity contribution in [2.24, 2.45) is 5.84 Å². The molecule has 2 aromatic rings. The van der Waals surface area contributed by atoms with Crippen molar-refractivity contribution in [3.05, 3.63) is 33.4 Å². The maximum atomic E-state index is 5.69. The van der Waals surface area contributed by atoms with E-state index in [0.717, 1.165) is 45.2 Å². The second-order valence-corrected chi connectivity index (χ2v) is 5.29. The number of hydrazine groups is 1. The van der Waals surface area contributed by atoms with E-state index in [4.69, 9.17) is 10.8 Å². The number of hydrogen-bond acceptors (Lipinski definition) is 3. The van der Waals surface area contributed by atoms with Gasteiger partial charge in [-0.3, -0.25) is 10.8 Å². The van der Waals surface area contributed by atoms with Crippen LogP contribution in [0.1, 0.15) is 30.7 Å². The summed E-state index contributed by atoms with van der Waals surface area (Å²) in [7, 11) is 0. The molecule has 0 radical (unpaired) electrons. The van der Waals surface area contributed by atoms with E-state index in [0.29, 0.717) is 0 Å². The summed E-state index contributed by atoms with van der Waals surface area (Å²) >= 11 is 3.55. The van der Waals surface area contributed by atoms with Crippen LogP contribution in [0.2, 0.25) is 0 Å². The van der Waals surface area contributed by atoms with E-state index in [9.17, 15) is 0 Å². The predicted molar refractivity (Wildman–Crippen MR) is 80.7 cm³/mol. The van der Waals surface area contributed by atoms with E-state index < -0.39 is 0 Å². The number of halogens is 1. The van der Waals surface area contributed by atoms with Crippen LogP contribution < -0.4 is 11.3 Å². The molecule has 0 saturated carbocycles.